The van der Waals surface area contributed by atoms with Crippen molar-refractivity contribution in [2.24, 2.45) is 0 Å². The zero-order valence-electron chi connectivity index (χ0n) is 15.7. The molecule has 0 bridgehead atoms. The predicted octanol–water partition coefficient (Wildman–Crippen LogP) is 5.27. The number of carbonyl (C=O) groups is 2. The summed E-state index contributed by atoms with van der Waals surface area (Å²) in [6, 6.07) is 15.1. The average Bonchev–Trinajstić information content (AvgIpc) is 3.15. The van der Waals surface area contributed by atoms with Crippen LogP contribution in [0.25, 0.3) is 11.3 Å². The summed E-state index contributed by atoms with van der Waals surface area (Å²) in [5, 5.41) is 8.04. The second-order valence-electron chi connectivity index (χ2n) is 6.08. The van der Waals surface area contributed by atoms with Gasteiger partial charge in [0.25, 0.3) is 5.91 Å². The lowest BCUT2D eigenvalue weighted by Crippen LogP contribution is -2.11. The predicted molar refractivity (Wildman–Crippen MR) is 118 cm³/mol. The highest BCUT2D eigenvalue weighted by Crippen LogP contribution is 2.26. The maximum atomic E-state index is 12.4. The van der Waals surface area contributed by atoms with Crippen molar-refractivity contribution in [2.45, 2.75) is 19.6 Å². The Morgan fingerprint density at radius 2 is 1.75 bits per heavy atom. The number of thiazole rings is 1. The van der Waals surface area contributed by atoms with Crippen molar-refractivity contribution in [3.8, 4) is 11.3 Å². The highest BCUT2D eigenvalue weighted by atomic mass is 32.2. The highest BCUT2D eigenvalue weighted by Gasteiger charge is 2.10. The number of aromatic nitrogens is 1. The normalized spacial score (nSPS) is 10.5. The van der Waals surface area contributed by atoms with Gasteiger partial charge in [0, 0.05) is 34.9 Å². The molecular formula is C21H21N3O2S2. The van der Waals surface area contributed by atoms with Gasteiger partial charge in [-0.05, 0) is 35.6 Å². The number of thioether (sulfide) groups is 1. The van der Waals surface area contributed by atoms with Crippen LogP contribution < -0.4 is 10.6 Å². The minimum Gasteiger partial charge on any atom is -0.326 e. The molecule has 0 aliphatic carbocycles. The van der Waals surface area contributed by atoms with Crippen LogP contribution in [0.15, 0.2) is 53.9 Å². The number of nitrogens with one attached hydrogen (secondary N) is 2. The van der Waals surface area contributed by atoms with Crippen molar-refractivity contribution < 1.29 is 9.59 Å². The van der Waals surface area contributed by atoms with Gasteiger partial charge in [0.2, 0.25) is 5.91 Å². The van der Waals surface area contributed by atoms with E-state index in [1.807, 2.05) is 65.7 Å². The number of anilines is 2. The van der Waals surface area contributed by atoms with Gasteiger partial charge < -0.3 is 5.32 Å². The van der Waals surface area contributed by atoms with Crippen molar-refractivity contribution in [2.75, 3.05) is 16.4 Å². The van der Waals surface area contributed by atoms with E-state index in [1.54, 1.807) is 0 Å². The average molecular weight is 412 g/mol. The number of hydrogen-bond donors (Lipinski definition) is 2. The zero-order valence-corrected chi connectivity index (χ0v) is 17.3. The standard InChI is InChI=1S/C21H21N3O2S2/c1-3-27-12-15-4-6-17(7-5-15)20(26)24-21-23-19(13-28-21)16-8-10-18(11-9-16)22-14(2)25/h4-11,13H,3,12H2,1-2H3,(H,22,25)(H,23,24,26). The first-order chi connectivity index (χ1) is 13.5. The molecule has 0 atom stereocenters. The summed E-state index contributed by atoms with van der Waals surface area (Å²) in [6.07, 6.45) is 0. The molecule has 5 nitrogen and oxygen atoms in total. The van der Waals surface area contributed by atoms with E-state index in [2.05, 4.69) is 22.5 Å². The van der Waals surface area contributed by atoms with E-state index in [0.717, 1.165) is 28.5 Å². The molecule has 1 heterocycles. The van der Waals surface area contributed by atoms with Crippen LogP contribution in [0.2, 0.25) is 0 Å². The van der Waals surface area contributed by atoms with E-state index in [1.165, 1.54) is 23.8 Å². The minimum absolute atomic E-state index is 0.108. The Kier molecular flexibility index (Phi) is 6.84. The highest BCUT2D eigenvalue weighted by molar-refractivity contribution is 7.98. The van der Waals surface area contributed by atoms with Gasteiger partial charge in [0.05, 0.1) is 5.69 Å². The molecule has 2 N–H and O–H groups in total. The van der Waals surface area contributed by atoms with Gasteiger partial charge in [-0.1, -0.05) is 31.2 Å². The molecule has 0 aliphatic rings. The van der Waals surface area contributed by atoms with Crippen LogP contribution in [0.5, 0.6) is 0 Å². The molecule has 0 saturated carbocycles. The van der Waals surface area contributed by atoms with Crippen LogP contribution in [-0.2, 0) is 10.5 Å². The number of amides is 2. The molecule has 0 radical (unpaired) electrons. The monoisotopic (exact) mass is 411 g/mol. The van der Waals surface area contributed by atoms with Crippen molar-refractivity contribution in [3.05, 3.63) is 65.0 Å². The van der Waals surface area contributed by atoms with Crippen LogP contribution >= 0.6 is 23.1 Å². The van der Waals surface area contributed by atoms with Crippen molar-refractivity contribution >= 4 is 45.7 Å². The van der Waals surface area contributed by atoms with Crippen LogP contribution in [-0.4, -0.2) is 22.6 Å². The van der Waals surface area contributed by atoms with Crippen LogP contribution in [0, 0.1) is 0 Å². The second kappa shape index (κ2) is 9.52. The number of rotatable bonds is 7. The Morgan fingerprint density at radius 1 is 1.04 bits per heavy atom. The van der Waals surface area contributed by atoms with Gasteiger partial charge in [-0.25, -0.2) is 4.98 Å². The van der Waals surface area contributed by atoms with Crippen molar-refractivity contribution in [1.82, 2.24) is 4.98 Å². The Morgan fingerprint density at radius 3 is 2.39 bits per heavy atom. The Labute approximate surface area is 172 Å². The molecule has 0 unspecified atom stereocenters. The fourth-order valence-corrected chi connectivity index (χ4v) is 3.88. The van der Waals surface area contributed by atoms with Gasteiger partial charge >= 0.3 is 0 Å². The second-order valence-corrected chi connectivity index (χ2v) is 8.22. The lowest BCUT2D eigenvalue weighted by atomic mass is 10.1. The number of benzene rings is 2. The van der Waals surface area contributed by atoms with E-state index in [0.29, 0.717) is 10.7 Å². The van der Waals surface area contributed by atoms with Gasteiger partial charge in [0.15, 0.2) is 5.13 Å². The summed E-state index contributed by atoms with van der Waals surface area (Å²) in [7, 11) is 0. The first kappa shape index (κ1) is 20.1. The molecule has 0 spiro atoms. The molecular weight excluding hydrogens is 390 g/mol. The summed E-state index contributed by atoms with van der Waals surface area (Å²) in [6.45, 7) is 3.60. The minimum atomic E-state index is -0.170. The molecule has 7 heteroatoms. The first-order valence-corrected chi connectivity index (χ1v) is 10.9. The van der Waals surface area contributed by atoms with E-state index in [9.17, 15) is 9.59 Å². The van der Waals surface area contributed by atoms with Crippen molar-refractivity contribution in [3.63, 3.8) is 0 Å². The van der Waals surface area contributed by atoms with Crippen LogP contribution in [0.3, 0.4) is 0 Å². The smallest absolute Gasteiger partial charge is 0.257 e. The molecule has 0 saturated heterocycles. The summed E-state index contributed by atoms with van der Waals surface area (Å²) in [5.41, 5.74) is 4.26. The third-order valence-corrected chi connectivity index (χ3v) is 5.62. The van der Waals surface area contributed by atoms with Gasteiger partial charge in [0.1, 0.15) is 0 Å². The lowest BCUT2D eigenvalue weighted by molar-refractivity contribution is -0.114. The molecule has 0 aliphatic heterocycles. The van der Waals surface area contributed by atoms with Crippen LogP contribution in [0.4, 0.5) is 10.8 Å². The molecule has 28 heavy (non-hydrogen) atoms. The third-order valence-electron chi connectivity index (χ3n) is 3.91. The maximum Gasteiger partial charge on any atom is 0.257 e. The van der Waals surface area contributed by atoms with E-state index in [4.69, 9.17) is 0 Å². The topological polar surface area (TPSA) is 71.1 Å². The maximum absolute atomic E-state index is 12.4. The largest absolute Gasteiger partial charge is 0.326 e. The molecule has 0 fully saturated rings. The number of carbonyl (C=O) groups excluding carboxylic acids is 2. The SMILES string of the molecule is CCSCc1ccc(C(=O)Nc2nc(-c3ccc(NC(C)=O)cc3)cs2)cc1. The molecule has 2 amide bonds. The number of nitrogens with zero attached hydrogens (tertiary/aromatic N) is 1. The van der Waals surface area contributed by atoms with Gasteiger partial charge in [-0.15, -0.1) is 11.3 Å². The molecule has 144 valence electrons. The fraction of sp³-hybridized carbons (Fsp3) is 0.190. The van der Waals surface area contributed by atoms with E-state index in [-0.39, 0.29) is 11.8 Å². The Balaban J connectivity index is 1.63. The quantitative estimate of drug-likeness (QED) is 0.555. The Hall–Kier alpha value is -2.64. The van der Waals surface area contributed by atoms with Gasteiger partial charge in [-0.2, -0.15) is 11.8 Å². The molecule has 3 rings (SSSR count). The molecule has 2 aromatic carbocycles. The molecule has 1 aromatic heterocycles. The van der Waals surface area contributed by atoms with Gasteiger partial charge in [-0.3, -0.25) is 14.9 Å². The molecule has 3 aromatic rings. The van der Waals surface area contributed by atoms with E-state index >= 15 is 0 Å². The summed E-state index contributed by atoms with van der Waals surface area (Å²) in [4.78, 5) is 28.0. The first-order valence-electron chi connectivity index (χ1n) is 8.86. The summed E-state index contributed by atoms with van der Waals surface area (Å²) in [5.74, 6) is 1.75. The Bertz CT molecular complexity index is 951. The van der Waals surface area contributed by atoms with E-state index < -0.39 is 0 Å². The van der Waals surface area contributed by atoms with Crippen LogP contribution in [0.1, 0.15) is 29.8 Å². The fourth-order valence-electron chi connectivity index (χ4n) is 2.53. The lowest BCUT2D eigenvalue weighted by Gasteiger charge is -2.04. The summed E-state index contributed by atoms with van der Waals surface area (Å²) < 4.78 is 0. The van der Waals surface area contributed by atoms with Crippen molar-refractivity contribution in [1.29, 1.82) is 0 Å². The number of hydrogen-bond acceptors (Lipinski definition) is 5. The third kappa shape index (κ3) is 5.43. The zero-order chi connectivity index (χ0) is 19.9. The summed E-state index contributed by atoms with van der Waals surface area (Å²) >= 11 is 3.23.